The maximum Gasteiger partial charge on any atom is 0.411 e. The molecule has 2 aromatic rings. The molecule has 0 heterocycles. The van der Waals surface area contributed by atoms with Crippen LogP contribution in [0.1, 0.15) is 5.56 Å². The minimum Gasteiger partial charge on any atom is -0.481 e. The first-order valence-electron chi connectivity index (χ1n) is 6.56. The van der Waals surface area contributed by atoms with Crippen LogP contribution in [0.25, 0.3) is 0 Å². The van der Waals surface area contributed by atoms with Gasteiger partial charge >= 0.3 is 12.1 Å². The first-order chi connectivity index (χ1) is 10.6. The van der Waals surface area contributed by atoms with E-state index in [1.807, 2.05) is 30.3 Å². The zero-order chi connectivity index (χ0) is 15.8. The summed E-state index contributed by atoms with van der Waals surface area (Å²) in [6, 6.07) is 16.3. The van der Waals surface area contributed by atoms with Crippen LogP contribution < -0.4 is 5.32 Å². The standard InChI is InChI=1S/C16H15NO4S/c18-15(19)11-22-14-8-6-13(7-9-14)17-16(20)21-10-12-4-2-1-3-5-12/h1-9H,10-11H2,(H,17,20)(H,18,19). The summed E-state index contributed by atoms with van der Waals surface area (Å²) in [6.07, 6.45) is -0.533. The van der Waals surface area contributed by atoms with Crippen molar-refractivity contribution in [3.05, 3.63) is 60.2 Å². The number of hydrogen-bond acceptors (Lipinski definition) is 4. The Morgan fingerprint density at radius 1 is 1.05 bits per heavy atom. The van der Waals surface area contributed by atoms with Gasteiger partial charge in [-0.25, -0.2) is 4.79 Å². The fourth-order valence-electron chi connectivity index (χ4n) is 1.66. The molecule has 0 bridgehead atoms. The van der Waals surface area contributed by atoms with Crippen LogP contribution in [-0.2, 0) is 16.1 Å². The van der Waals surface area contributed by atoms with E-state index in [9.17, 15) is 9.59 Å². The maximum atomic E-state index is 11.7. The summed E-state index contributed by atoms with van der Waals surface area (Å²) in [5, 5.41) is 11.2. The smallest absolute Gasteiger partial charge is 0.411 e. The van der Waals surface area contributed by atoms with Crippen LogP contribution >= 0.6 is 11.8 Å². The molecule has 0 spiro atoms. The first-order valence-corrected chi connectivity index (χ1v) is 7.54. The van der Waals surface area contributed by atoms with Crippen LogP contribution in [0.15, 0.2) is 59.5 Å². The second-order valence-electron chi connectivity index (χ2n) is 4.39. The molecule has 0 unspecified atom stereocenters. The third-order valence-electron chi connectivity index (χ3n) is 2.68. The fourth-order valence-corrected chi connectivity index (χ4v) is 2.28. The second kappa shape index (κ2) is 8.09. The van der Waals surface area contributed by atoms with E-state index in [0.717, 1.165) is 10.5 Å². The maximum absolute atomic E-state index is 11.7. The third kappa shape index (κ3) is 5.49. The highest BCUT2D eigenvalue weighted by Crippen LogP contribution is 2.20. The van der Waals surface area contributed by atoms with Crippen molar-refractivity contribution in [3.63, 3.8) is 0 Å². The Morgan fingerprint density at radius 3 is 2.36 bits per heavy atom. The number of nitrogens with one attached hydrogen (secondary N) is 1. The van der Waals surface area contributed by atoms with Gasteiger partial charge in [-0.1, -0.05) is 30.3 Å². The number of carbonyl (C=O) groups is 2. The van der Waals surface area contributed by atoms with Gasteiger partial charge in [0.15, 0.2) is 0 Å². The Labute approximate surface area is 132 Å². The number of amides is 1. The summed E-state index contributed by atoms with van der Waals surface area (Å²) in [5.74, 6) is -0.858. The van der Waals surface area contributed by atoms with Gasteiger partial charge in [-0.15, -0.1) is 11.8 Å². The van der Waals surface area contributed by atoms with Crippen molar-refractivity contribution in [1.29, 1.82) is 0 Å². The predicted octanol–water partition coefficient (Wildman–Crippen LogP) is 3.61. The van der Waals surface area contributed by atoms with E-state index in [-0.39, 0.29) is 12.4 Å². The molecule has 0 radical (unpaired) electrons. The molecular formula is C16H15NO4S. The summed E-state index contributed by atoms with van der Waals surface area (Å²) in [5.41, 5.74) is 1.51. The Bertz CT molecular complexity index is 628. The predicted molar refractivity (Wildman–Crippen MR) is 85.1 cm³/mol. The molecule has 2 aromatic carbocycles. The largest absolute Gasteiger partial charge is 0.481 e. The number of anilines is 1. The monoisotopic (exact) mass is 317 g/mol. The highest BCUT2D eigenvalue weighted by Gasteiger charge is 2.04. The lowest BCUT2D eigenvalue weighted by atomic mass is 10.2. The van der Waals surface area contributed by atoms with Crippen LogP contribution in [0.5, 0.6) is 0 Å². The van der Waals surface area contributed by atoms with Crippen molar-refractivity contribution in [2.24, 2.45) is 0 Å². The molecule has 1 amide bonds. The SMILES string of the molecule is O=C(O)CSc1ccc(NC(=O)OCc2ccccc2)cc1. The molecule has 0 aromatic heterocycles. The molecule has 0 fully saturated rings. The normalized spacial score (nSPS) is 10.0. The molecule has 0 atom stereocenters. The van der Waals surface area contributed by atoms with Crippen LogP contribution in [0.3, 0.4) is 0 Å². The van der Waals surface area contributed by atoms with Crippen molar-refractivity contribution < 1.29 is 19.4 Å². The van der Waals surface area contributed by atoms with E-state index in [0.29, 0.717) is 5.69 Å². The molecule has 5 nitrogen and oxygen atoms in total. The fraction of sp³-hybridized carbons (Fsp3) is 0.125. The van der Waals surface area contributed by atoms with Gasteiger partial charge in [0, 0.05) is 10.6 Å². The van der Waals surface area contributed by atoms with E-state index in [1.54, 1.807) is 24.3 Å². The van der Waals surface area contributed by atoms with Gasteiger partial charge in [0.05, 0.1) is 5.75 Å². The van der Waals surface area contributed by atoms with E-state index in [2.05, 4.69) is 5.32 Å². The van der Waals surface area contributed by atoms with Crippen LogP contribution in [0.4, 0.5) is 10.5 Å². The Balaban J connectivity index is 1.80. The van der Waals surface area contributed by atoms with Crippen LogP contribution in [0.2, 0.25) is 0 Å². The van der Waals surface area contributed by atoms with Crippen molar-refractivity contribution in [2.75, 3.05) is 11.1 Å². The summed E-state index contributed by atoms with van der Waals surface area (Å²) >= 11 is 1.22. The van der Waals surface area contributed by atoms with Gasteiger partial charge in [-0.2, -0.15) is 0 Å². The lowest BCUT2D eigenvalue weighted by Gasteiger charge is -2.07. The molecule has 0 aliphatic heterocycles. The van der Waals surface area contributed by atoms with Gasteiger partial charge < -0.3 is 9.84 Å². The summed E-state index contributed by atoms with van der Waals surface area (Å²) in [4.78, 5) is 23.0. The van der Waals surface area contributed by atoms with Crippen LogP contribution in [0, 0.1) is 0 Å². The quantitative estimate of drug-likeness (QED) is 0.796. The van der Waals surface area contributed by atoms with Crippen molar-refractivity contribution in [3.8, 4) is 0 Å². The number of aliphatic carboxylic acids is 1. The molecule has 6 heteroatoms. The van der Waals surface area contributed by atoms with E-state index in [4.69, 9.17) is 9.84 Å². The number of ether oxygens (including phenoxy) is 1. The molecule has 0 aliphatic carbocycles. The highest BCUT2D eigenvalue weighted by molar-refractivity contribution is 8.00. The lowest BCUT2D eigenvalue weighted by molar-refractivity contribution is -0.133. The molecule has 22 heavy (non-hydrogen) atoms. The second-order valence-corrected chi connectivity index (χ2v) is 5.44. The number of benzene rings is 2. The molecule has 2 rings (SSSR count). The molecular weight excluding hydrogens is 302 g/mol. The zero-order valence-corrected chi connectivity index (χ0v) is 12.5. The van der Waals surface area contributed by atoms with Gasteiger partial charge in [-0.05, 0) is 29.8 Å². The Kier molecular flexibility index (Phi) is 5.85. The number of hydrogen-bond donors (Lipinski definition) is 2. The topological polar surface area (TPSA) is 75.6 Å². The van der Waals surface area contributed by atoms with Gasteiger partial charge in [0.2, 0.25) is 0 Å². The molecule has 0 saturated carbocycles. The summed E-state index contributed by atoms with van der Waals surface area (Å²) < 4.78 is 5.11. The minimum atomic E-state index is -0.864. The summed E-state index contributed by atoms with van der Waals surface area (Å²) in [7, 11) is 0. The van der Waals surface area contributed by atoms with Gasteiger partial charge in [0.1, 0.15) is 6.61 Å². The van der Waals surface area contributed by atoms with E-state index in [1.165, 1.54) is 11.8 Å². The Hall–Kier alpha value is -2.47. The van der Waals surface area contributed by atoms with Crippen molar-refractivity contribution in [1.82, 2.24) is 0 Å². The highest BCUT2D eigenvalue weighted by atomic mass is 32.2. The summed E-state index contributed by atoms with van der Waals surface area (Å²) in [6.45, 7) is 0.208. The molecule has 114 valence electrons. The van der Waals surface area contributed by atoms with Crippen molar-refractivity contribution in [2.45, 2.75) is 11.5 Å². The minimum absolute atomic E-state index is 0.00585. The number of carboxylic acid groups (broad SMARTS) is 1. The lowest BCUT2D eigenvalue weighted by Crippen LogP contribution is -2.13. The van der Waals surface area contributed by atoms with Gasteiger partial charge in [0.25, 0.3) is 0 Å². The van der Waals surface area contributed by atoms with Crippen molar-refractivity contribution >= 4 is 29.5 Å². The van der Waals surface area contributed by atoms with Gasteiger partial charge in [-0.3, -0.25) is 10.1 Å². The third-order valence-corrected chi connectivity index (χ3v) is 3.67. The number of carboxylic acids is 1. The van der Waals surface area contributed by atoms with Crippen LogP contribution in [-0.4, -0.2) is 22.9 Å². The first kappa shape index (κ1) is 15.9. The molecule has 0 aliphatic rings. The number of carbonyl (C=O) groups excluding carboxylic acids is 1. The average Bonchev–Trinajstić information content (AvgIpc) is 2.53. The number of thioether (sulfide) groups is 1. The number of rotatable bonds is 6. The zero-order valence-electron chi connectivity index (χ0n) is 11.7. The van der Waals surface area contributed by atoms with E-state index >= 15 is 0 Å². The Morgan fingerprint density at radius 2 is 1.73 bits per heavy atom. The molecule has 0 saturated heterocycles. The molecule has 2 N–H and O–H groups in total. The van der Waals surface area contributed by atoms with E-state index < -0.39 is 12.1 Å². The average molecular weight is 317 g/mol.